The highest BCUT2D eigenvalue weighted by molar-refractivity contribution is 14.1. The summed E-state index contributed by atoms with van der Waals surface area (Å²) in [6.45, 7) is 1.14. The highest BCUT2D eigenvalue weighted by Gasteiger charge is 2.28. The van der Waals surface area contributed by atoms with E-state index in [-0.39, 0.29) is 5.91 Å². The molecule has 1 fully saturated rings. The Morgan fingerprint density at radius 2 is 2.10 bits per heavy atom. The average molecular weight is 401 g/mol. The molecule has 1 amide bonds. The van der Waals surface area contributed by atoms with Crippen molar-refractivity contribution < 1.29 is 4.79 Å². The van der Waals surface area contributed by atoms with Crippen LogP contribution in [0, 0.1) is 9.49 Å². The van der Waals surface area contributed by atoms with Gasteiger partial charge in [0.15, 0.2) is 0 Å². The number of benzene rings is 1. The maximum Gasteiger partial charge on any atom is 0.238 e. The van der Waals surface area contributed by atoms with Crippen LogP contribution < -0.4 is 11.1 Å². The van der Waals surface area contributed by atoms with E-state index in [1.807, 2.05) is 31.3 Å². The molecular formula is C16H24IN3O. The number of para-hydroxylation sites is 1. The van der Waals surface area contributed by atoms with Crippen molar-refractivity contribution in [1.29, 1.82) is 0 Å². The van der Waals surface area contributed by atoms with Crippen LogP contribution >= 0.6 is 22.6 Å². The fourth-order valence-corrected chi connectivity index (χ4v) is 3.66. The number of nitrogens with one attached hydrogen (secondary N) is 1. The number of hydrogen-bond acceptors (Lipinski definition) is 3. The summed E-state index contributed by atoms with van der Waals surface area (Å²) in [4.78, 5) is 14.4. The van der Waals surface area contributed by atoms with E-state index in [4.69, 9.17) is 5.73 Å². The lowest BCUT2D eigenvalue weighted by Crippen LogP contribution is -2.46. The molecule has 4 nitrogen and oxygen atoms in total. The first-order chi connectivity index (χ1) is 10.1. The highest BCUT2D eigenvalue weighted by atomic mass is 127. The molecule has 3 N–H and O–H groups in total. The smallest absolute Gasteiger partial charge is 0.238 e. The van der Waals surface area contributed by atoms with Crippen LogP contribution in [0.2, 0.25) is 0 Å². The molecule has 1 aromatic rings. The number of hydrogen-bond donors (Lipinski definition) is 2. The van der Waals surface area contributed by atoms with Crippen LogP contribution in [-0.4, -0.2) is 37.0 Å². The Kier molecular flexibility index (Phi) is 6.44. The molecule has 0 spiro atoms. The number of rotatable bonds is 5. The summed E-state index contributed by atoms with van der Waals surface area (Å²) in [5.74, 6) is 0.566. The monoisotopic (exact) mass is 401 g/mol. The number of nitrogens with two attached hydrogens (primary N) is 1. The van der Waals surface area contributed by atoms with Crippen LogP contribution in [0.25, 0.3) is 0 Å². The number of carbonyl (C=O) groups is 1. The van der Waals surface area contributed by atoms with Crippen LogP contribution in [0.4, 0.5) is 5.69 Å². The quantitative estimate of drug-likeness (QED) is 0.746. The minimum absolute atomic E-state index is 0.0444. The Labute approximate surface area is 140 Å². The lowest BCUT2D eigenvalue weighted by atomic mass is 9.84. The summed E-state index contributed by atoms with van der Waals surface area (Å²) in [5, 5.41) is 2.99. The predicted octanol–water partition coefficient (Wildman–Crippen LogP) is 2.68. The van der Waals surface area contributed by atoms with Crippen molar-refractivity contribution in [3.63, 3.8) is 0 Å². The molecule has 1 saturated carbocycles. The van der Waals surface area contributed by atoms with Crippen LogP contribution in [0.5, 0.6) is 0 Å². The van der Waals surface area contributed by atoms with Gasteiger partial charge in [-0.3, -0.25) is 9.69 Å². The Morgan fingerprint density at radius 1 is 1.38 bits per heavy atom. The zero-order valence-corrected chi connectivity index (χ0v) is 14.7. The van der Waals surface area contributed by atoms with Gasteiger partial charge in [-0.1, -0.05) is 25.0 Å². The van der Waals surface area contributed by atoms with Gasteiger partial charge in [-0.2, -0.15) is 0 Å². The highest BCUT2D eigenvalue weighted by Crippen LogP contribution is 2.27. The molecule has 0 aliphatic heterocycles. The van der Waals surface area contributed by atoms with E-state index in [0.29, 0.717) is 25.0 Å². The second-order valence-corrected chi connectivity index (χ2v) is 6.95. The molecule has 2 atom stereocenters. The second kappa shape index (κ2) is 8.10. The van der Waals surface area contributed by atoms with Crippen molar-refractivity contribution in [2.75, 3.05) is 25.5 Å². The zero-order chi connectivity index (χ0) is 15.2. The molecule has 0 bridgehead atoms. The van der Waals surface area contributed by atoms with Gasteiger partial charge in [0.1, 0.15) is 0 Å². The summed E-state index contributed by atoms with van der Waals surface area (Å²) >= 11 is 2.24. The van der Waals surface area contributed by atoms with E-state index < -0.39 is 0 Å². The summed E-state index contributed by atoms with van der Waals surface area (Å²) < 4.78 is 1.06. The fraction of sp³-hybridized carbons (Fsp3) is 0.562. The van der Waals surface area contributed by atoms with Gasteiger partial charge in [-0.15, -0.1) is 0 Å². The maximum atomic E-state index is 12.2. The Morgan fingerprint density at radius 3 is 2.81 bits per heavy atom. The minimum Gasteiger partial charge on any atom is -0.330 e. The van der Waals surface area contributed by atoms with Crippen LogP contribution in [0.1, 0.15) is 25.7 Å². The molecule has 2 unspecified atom stereocenters. The van der Waals surface area contributed by atoms with Gasteiger partial charge >= 0.3 is 0 Å². The third-order valence-corrected chi connectivity index (χ3v) is 5.22. The van der Waals surface area contributed by atoms with Gasteiger partial charge < -0.3 is 11.1 Å². The van der Waals surface area contributed by atoms with Gasteiger partial charge in [0, 0.05) is 9.61 Å². The zero-order valence-electron chi connectivity index (χ0n) is 12.5. The summed E-state index contributed by atoms with van der Waals surface area (Å²) in [7, 11) is 2.04. The van der Waals surface area contributed by atoms with E-state index >= 15 is 0 Å². The normalized spacial score (nSPS) is 22.3. The van der Waals surface area contributed by atoms with Crippen molar-refractivity contribution in [3.05, 3.63) is 27.8 Å². The Balaban J connectivity index is 1.91. The average Bonchev–Trinajstić information content (AvgIpc) is 2.49. The van der Waals surface area contributed by atoms with Gasteiger partial charge in [-0.05, 0) is 67.1 Å². The van der Waals surface area contributed by atoms with E-state index in [1.165, 1.54) is 19.3 Å². The number of amides is 1. The molecule has 0 aromatic heterocycles. The number of carbonyl (C=O) groups excluding carboxylic acids is 1. The number of anilines is 1. The largest absolute Gasteiger partial charge is 0.330 e. The molecule has 1 aliphatic carbocycles. The first-order valence-electron chi connectivity index (χ1n) is 7.56. The van der Waals surface area contributed by atoms with Gasteiger partial charge in [0.25, 0.3) is 0 Å². The van der Waals surface area contributed by atoms with Gasteiger partial charge in [0.05, 0.1) is 12.2 Å². The molecule has 0 heterocycles. The van der Waals surface area contributed by atoms with Crippen LogP contribution in [-0.2, 0) is 4.79 Å². The molecule has 2 rings (SSSR count). The topological polar surface area (TPSA) is 58.4 Å². The molecule has 0 radical (unpaired) electrons. The van der Waals surface area contributed by atoms with E-state index in [2.05, 4.69) is 32.8 Å². The molecular weight excluding hydrogens is 377 g/mol. The molecule has 21 heavy (non-hydrogen) atoms. The summed E-state index contributed by atoms with van der Waals surface area (Å²) in [5.41, 5.74) is 6.76. The lowest BCUT2D eigenvalue weighted by molar-refractivity contribution is -0.117. The van der Waals surface area contributed by atoms with Crippen molar-refractivity contribution in [2.24, 2.45) is 11.7 Å². The molecule has 5 heteroatoms. The first-order valence-corrected chi connectivity index (χ1v) is 8.64. The second-order valence-electron chi connectivity index (χ2n) is 5.79. The molecule has 1 aromatic carbocycles. The molecule has 116 valence electrons. The lowest BCUT2D eigenvalue weighted by Gasteiger charge is -2.37. The van der Waals surface area contributed by atoms with Crippen molar-refractivity contribution in [2.45, 2.75) is 31.7 Å². The molecule has 1 aliphatic rings. The van der Waals surface area contributed by atoms with E-state index in [1.54, 1.807) is 0 Å². The van der Waals surface area contributed by atoms with Gasteiger partial charge in [-0.25, -0.2) is 0 Å². The van der Waals surface area contributed by atoms with Crippen molar-refractivity contribution >= 4 is 34.2 Å². The Hall–Kier alpha value is -0.660. The third-order valence-electron chi connectivity index (χ3n) is 4.28. The van der Waals surface area contributed by atoms with Gasteiger partial charge in [0.2, 0.25) is 5.91 Å². The minimum atomic E-state index is 0.0444. The first kappa shape index (κ1) is 16.7. The Bertz CT molecular complexity index is 480. The summed E-state index contributed by atoms with van der Waals surface area (Å²) in [6, 6.07) is 8.27. The number of nitrogens with zero attached hydrogens (tertiary/aromatic N) is 1. The van der Waals surface area contributed by atoms with Crippen molar-refractivity contribution in [3.8, 4) is 0 Å². The van der Waals surface area contributed by atoms with E-state index in [9.17, 15) is 4.79 Å². The third kappa shape index (κ3) is 4.66. The molecule has 0 saturated heterocycles. The number of halogens is 1. The maximum absolute atomic E-state index is 12.2. The van der Waals surface area contributed by atoms with Crippen LogP contribution in [0.3, 0.4) is 0 Å². The van der Waals surface area contributed by atoms with E-state index in [0.717, 1.165) is 15.7 Å². The summed E-state index contributed by atoms with van der Waals surface area (Å²) in [6.07, 6.45) is 4.84. The van der Waals surface area contributed by atoms with Crippen LogP contribution in [0.15, 0.2) is 24.3 Å². The van der Waals surface area contributed by atoms with Crippen molar-refractivity contribution in [1.82, 2.24) is 4.90 Å². The fourth-order valence-electron chi connectivity index (χ4n) is 3.14. The SMILES string of the molecule is CN(CC(=O)Nc1ccccc1I)C1CCCCC1CN. The number of likely N-dealkylation sites (N-methyl/N-ethyl adjacent to an activating group) is 1. The predicted molar refractivity (Wildman–Crippen MR) is 95.2 cm³/mol. The standard InChI is InChI=1S/C16H24IN3O/c1-20(15-9-5-2-6-12(15)10-18)11-16(21)19-14-8-4-3-7-13(14)17/h3-4,7-8,12,15H,2,5-6,9-11,18H2,1H3,(H,19,21).